The van der Waals surface area contributed by atoms with Crippen molar-refractivity contribution in [1.29, 1.82) is 0 Å². The van der Waals surface area contributed by atoms with Crippen molar-refractivity contribution >= 4 is 36.1 Å². The van der Waals surface area contributed by atoms with Gasteiger partial charge in [0.1, 0.15) is 5.82 Å². The van der Waals surface area contributed by atoms with Crippen molar-refractivity contribution in [3.8, 4) is 0 Å². The Kier molecular flexibility index (Phi) is 11.6. The fourth-order valence-corrected chi connectivity index (χ4v) is 5.08. The van der Waals surface area contributed by atoms with Crippen LogP contribution in [0, 0.1) is 17.7 Å². The maximum atomic E-state index is 13.9. The summed E-state index contributed by atoms with van der Waals surface area (Å²) in [4.78, 5) is 33.6. The van der Waals surface area contributed by atoms with Crippen LogP contribution in [-0.2, 0) is 19.1 Å². The topological polar surface area (TPSA) is 140 Å². The van der Waals surface area contributed by atoms with Gasteiger partial charge in [-0.3, -0.25) is 24.2 Å². The van der Waals surface area contributed by atoms with Crippen LogP contribution in [0.15, 0.2) is 18.2 Å². The maximum absolute atomic E-state index is 13.9. The summed E-state index contributed by atoms with van der Waals surface area (Å²) in [6.07, 6.45) is 1.41. The number of carboxylic acid groups (broad SMARTS) is 2. The molecule has 2 aliphatic heterocycles. The molecule has 1 aromatic carbocycles. The number of amides is 1. The lowest BCUT2D eigenvalue weighted by molar-refractivity contribution is -0.123. The van der Waals surface area contributed by atoms with Crippen LogP contribution in [0.2, 0.25) is 5.02 Å². The second kappa shape index (κ2) is 14.2. The van der Waals surface area contributed by atoms with Crippen molar-refractivity contribution in [2.24, 2.45) is 11.8 Å². The zero-order valence-electron chi connectivity index (χ0n) is 18.7. The van der Waals surface area contributed by atoms with E-state index in [1.165, 1.54) is 12.1 Å². The summed E-state index contributed by atoms with van der Waals surface area (Å²) < 4.78 is 19.3. The molecule has 1 amide bonds. The standard InChI is InChI=1S/C20H27ClFN3O3.2CH2O2/c21-15-1-2-17(16(22)9-15)23-20(27)12-24-10-13-7-18(19(26)8-14(13)11-24)25-3-5-28-6-4-25;2*2-1-3/h1-2,9,13-14,18-19,26H,3-8,10-12H2,(H,23,27);2*1H,(H,2,3)/t13-,14+,18-,19-;;/m1../s1. The molecule has 1 aliphatic carbocycles. The molecule has 1 aromatic rings. The molecule has 2 saturated heterocycles. The molecule has 4 rings (SSSR count). The molecule has 34 heavy (non-hydrogen) atoms. The first kappa shape index (κ1) is 27.9. The van der Waals surface area contributed by atoms with Crippen molar-refractivity contribution in [2.45, 2.75) is 25.0 Å². The number of nitrogens with zero attached hydrogens (tertiary/aromatic N) is 2. The SMILES string of the molecule is O=C(CN1C[C@H]2C[C@@H](N3CCOCC3)[C@H](O)C[C@H]2C1)Nc1ccc(Cl)cc1F.O=CO.O=CO. The predicted molar refractivity (Wildman–Crippen MR) is 122 cm³/mol. The van der Waals surface area contributed by atoms with E-state index in [2.05, 4.69) is 15.1 Å². The predicted octanol–water partition coefficient (Wildman–Crippen LogP) is 1.22. The first-order valence-corrected chi connectivity index (χ1v) is 11.3. The monoisotopic (exact) mass is 503 g/mol. The van der Waals surface area contributed by atoms with Crippen LogP contribution in [0.5, 0.6) is 0 Å². The van der Waals surface area contributed by atoms with Gasteiger partial charge in [0.15, 0.2) is 0 Å². The molecule has 0 radical (unpaired) electrons. The quantitative estimate of drug-likeness (QED) is 0.446. The number of hydrogen-bond donors (Lipinski definition) is 4. The Bertz CT molecular complexity index is 807. The first-order chi connectivity index (χ1) is 16.3. The largest absolute Gasteiger partial charge is 0.483 e. The van der Waals surface area contributed by atoms with Gasteiger partial charge in [0.2, 0.25) is 5.91 Å². The van der Waals surface area contributed by atoms with Crippen LogP contribution in [0.4, 0.5) is 10.1 Å². The molecule has 4 atom stereocenters. The Labute approximate surface area is 202 Å². The smallest absolute Gasteiger partial charge is 0.290 e. The molecule has 2 heterocycles. The average Bonchev–Trinajstić information content (AvgIpc) is 3.17. The summed E-state index contributed by atoms with van der Waals surface area (Å²) in [6.45, 7) is 4.57. The normalized spacial score (nSPS) is 26.7. The summed E-state index contributed by atoms with van der Waals surface area (Å²) in [5, 5.41) is 27.4. The lowest BCUT2D eigenvalue weighted by Crippen LogP contribution is -2.53. The Morgan fingerprint density at radius 3 is 2.32 bits per heavy atom. The lowest BCUT2D eigenvalue weighted by atomic mass is 9.77. The Morgan fingerprint density at radius 2 is 1.74 bits per heavy atom. The molecule has 190 valence electrons. The first-order valence-electron chi connectivity index (χ1n) is 11.0. The highest BCUT2D eigenvalue weighted by Gasteiger charge is 2.43. The zero-order chi connectivity index (χ0) is 25.1. The van der Waals surface area contributed by atoms with E-state index in [-0.39, 0.29) is 43.2 Å². The summed E-state index contributed by atoms with van der Waals surface area (Å²) >= 11 is 5.75. The fraction of sp³-hybridized carbons (Fsp3) is 0.591. The number of likely N-dealkylation sites (tertiary alicyclic amines) is 1. The van der Waals surface area contributed by atoms with E-state index in [9.17, 15) is 14.3 Å². The number of halogens is 2. The van der Waals surface area contributed by atoms with E-state index in [4.69, 9.17) is 36.1 Å². The molecule has 1 saturated carbocycles. The highest BCUT2D eigenvalue weighted by molar-refractivity contribution is 6.30. The van der Waals surface area contributed by atoms with Crippen molar-refractivity contribution < 1.29 is 38.8 Å². The van der Waals surface area contributed by atoms with Crippen molar-refractivity contribution in [1.82, 2.24) is 9.80 Å². The highest BCUT2D eigenvalue weighted by atomic mass is 35.5. The highest BCUT2D eigenvalue weighted by Crippen LogP contribution is 2.38. The van der Waals surface area contributed by atoms with Crippen LogP contribution in [-0.4, -0.2) is 102 Å². The molecule has 4 N–H and O–H groups in total. The molecule has 0 spiro atoms. The van der Waals surface area contributed by atoms with Gasteiger partial charge in [0, 0.05) is 37.2 Å². The minimum absolute atomic E-state index is 0.147. The Hall–Kier alpha value is -2.31. The van der Waals surface area contributed by atoms with Gasteiger partial charge in [-0.25, -0.2) is 4.39 Å². The van der Waals surface area contributed by atoms with Gasteiger partial charge in [-0.1, -0.05) is 11.6 Å². The molecular weight excluding hydrogens is 473 g/mol. The average molecular weight is 504 g/mol. The summed E-state index contributed by atoms with van der Waals surface area (Å²) in [5.41, 5.74) is 0.147. The van der Waals surface area contributed by atoms with E-state index in [0.717, 1.165) is 52.2 Å². The molecule has 0 unspecified atom stereocenters. The molecule has 0 bridgehead atoms. The van der Waals surface area contributed by atoms with Gasteiger partial charge < -0.3 is 25.4 Å². The number of benzene rings is 1. The van der Waals surface area contributed by atoms with Gasteiger partial charge in [-0.2, -0.15) is 0 Å². The van der Waals surface area contributed by atoms with Gasteiger partial charge >= 0.3 is 0 Å². The Morgan fingerprint density at radius 1 is 1.15 bits per heavy atom. The van der Waals surface area contributed by atoms with Gasteiger partial charge in [-0.15, -0.1) is 0 Å². The van der Waals surface area contributed by atoms with E-state index in [1.807, 2.05) is 0 Å². The van der Waals surface area contributed by atoms with E-state index >= 15 is 0 Å². The molecule has 12 heteroatoms. The maximum Gasteiger partial charge on any atom is 0.290 e. The third-order valence-corrected chi connectivity index (χ3v) is 6.51. The summed E-state index contributed by atoms with van der Waals surface area (Å²) in [7, 11) is 0. The van der Waals surface area contributed by atoms with Crippen molar-refractivity contribution in [2.75, 3.05) is 51.3 Å². The fourth-order valence-electron chi connectivity index (χ4n) is 4.92. The number of aliphatic hydroxyl groups is 1. The number of hydrogen-bond acceptors (Lipinski definition) is 7. The van der Waals surface area contributed by atoms with Crippen molar-refractivity contribution in [3.63, 3.8) is 0 Å². The molecule has 3 aliphatic rings. The molecular formula is C22H31ClFN3O7. The van der Waals surface area contributed by atoms with Crippen LogP contribution >= 0.6 is 11.6 Å². The molecule has 3 fully saturated rings. The summed E-state index contributed by atoms with van der Waals surface area (Å²) in [6, 6.07) is 4.40. The lowest BCUT2D eigenvalue weighted by Gasteiger charge is -2.43. The molecule has 0 aromatic heterocycles. The third-order valence-electron chi connectivity index (χ3n) is 6.27. The number of anilines is 1. The van der Waals surface area contributed by atoms with Crippen LogP contribution in [0.3, 0.4) is 0 Å². The summed E-state index contributed by atoms with van der Waals surface area (Å²) in [5.74, 6) is 0.126. The van der Waals surface area contributed by atoms with Gasteiger partial charge in [0.25, 0.3) is 12.9 Å². The van der Waals surface area contributed by atoms with E-state index in [1.54, 1.807) is 6.07 Å². The molecule has 10 nitrogen and oxygen atoms in total. The van der Waals surface area contributed by atoms with Crippen LogP contribution in [0.25, 0.3) is 0 Å². The number of fused-ring (bicyclic) bond motifs is 1. The van der Waals surface area contributed by atoms with Crippen molar-refractivity contribution in [3.05, 3.63) is 29.0 Å². The number of carbonyl (C=O) groups excluding carboxylic acids is 1. The second-order valence-electron chi connectivity index (χ2n) is 8.35. The minimum atomic E-state index is -0.535. The Balaban J connectivity index is 0.000000618. The number of aliphatic hydroxyl groups excluding tert-OH is 1. The zero-order valence-corrected chi connectivity index (χ0v) is 19.4. The number of ether oxygens (including phenoxy) is 1. The van der Waals surface area contributed by atoms with Crippen LogP contribution < -0.4 is 5.32 Å². The minimum Gasteiger partial charge on any atom is -0.483 e. The third kappa shape index (κ3) is 8.17. The number of carbonyl (C=O) groups is 3. The van der Waals surface area contributed by atoms with Gasteiger partial charge in [0.05, 0.1) is 31.5 Å². The van der Waals surface area contributed by atoms with E-state index < -0.39 is 5.82 Å². The van der Waals surface area contributed by atoms with E-state index in [0.29, 0.717) is 16.9 Å². The number of rotatable bonds is 4. The number of morpholine rings is 1. The van der Waals surface area contributed by atoms with Gasteiger partial charge in [-0.05, 0) is 42.9 Å². The van der Waals surface area contributed by atoms with Crippen LogP contribution in [0.1, 0.15) is 12.8 Å². The second-order valence-corrected chi connectivity index (χ2v) is 8.79. The number of nitrogens with one attached hydrogen (secondary N) is 1.